The third kappa shape index (κ3) is 3.16. The SMILES string of the molecule is O=C(NCCN1C(=O)CSC1=O)c1cc(Br)cn1C1CC1. The Labute approximate surface area is 134 Å². The molecule has 3 amide bonds. The van der Waals surface area contributed by atoms with E-state index in [1.807, 2.05) is 10.8 Å². The second-order valence-corrected chi connectivity index (χ2v) is 6.88. The van der Waals surface area contributed by atoms with Crippen LogP contribution in [0, 0.1) is 0 Å². The number of halogens is 1. The van der Waals surface area contributed by atoms with Crippen molar-refractivity contribution in [1.82, 2.24) is 14.8 Å². The summed E-state index contributed by atoms with van der Waals surface area (Å²) >= 11 is 4.39. The molecule has 1 aliphatic heterocycles. The third-order valence-corrected chi connectivity index (χ3v) is 4.74. The maximum absolute atomic E-state index is 12.2. The van der Waals surface area contributed by atoms with Gasteiger partial charge in [-0.2, -0.15) is 0 Å². The van der Waals surface area contributed by atoms with Crippen LogP contribution in [0.4, 0.5) is 4.79 Å². The van der Waals surface area contributed by atoms with E-state index in [1.165, 1.54) is 4.90 Å². The molecule has 1 N–H and O–H groups in total. The lowest BCUT2D eigenvalue weighted by atomic mass is 10.4. The maximum atomic E-state index is 12.2. The first-order chi connectivity index (χ1) is 10.1. The highest BCUT2D eigenvalue weighted by atomic mass is 79.9. The molecule has 3 rings (SSSR count). The molecule has 8 heteroatoms. The number of carbonyl (C=O) groups excluding carboxylic acids is 3. The van der Waals surface area contributed by atoms with E-state index in [0.29, 0.717) is 11.7 Å². The van der Waals surface area contributed by atoms with E-state index in [4.69, 9.17) is 0 Å². The molecule has 1 saturated heterocycles. The predicted octanol–water partition coefficient (Wildman–Crippen LogP) is 2.01. The highest BCUT2D eigenvalue weighted by Gasteiger charge is 2.30. The fourth-order valence-corrected chi connectivity index (χ4v) is 3.44. The van der Waals surface area contributed by atoms with Crippen LogP contribution in [0.25, 0.3) is 0 Å². The lowest BCUT2D eigenvalue weighted by molar-refractivity contribution is -0.124. The zero-order chi connectivity index (χ0) is 15.0. The van der Waals surface area contributed by atoms with Crippen molar-refractivity contribution < 1.29 is 14.4 Å². The van der Waals surface area contributed by atoms with Gasteiger partial charge in [0.1, 0.15) is 5.69 Å². The van der Waals surface area contributed by atoms with Gasteiger partial charge >= 0.3 is 0 Å². The standard InChI is InChI=1S/C13H14BrN3O3S/c14-8-5-10(17(6-8)9-1-2-9)12(19)15-3-4-16-11(18)7-21-13(16)20/h5-6,9H,1-4,7H2,(H,15,19). The maximum Gasteiger partial charge on any atom is 0.288 e. The summed E-state index contributed by atoms with van der Waals surface area (Å²) in [6.45, 7) is 0.492. The van der Waals surface area contributed by atoms with E-state index in [-0.39, 0.29) is 35.9 Å². The van der Waals surface area contributed by atoms with Crippen LogP contribution >= 0.6 is 27.7 Å². The van der Waals surface area contributed by atoms with Crippen molar-refractivity contribution in [3.8, 4) is 0 Å². The van der Waals surface area contributed by atoms with Gasteiger partial charge in [-0.15, -0.1) is 0 Å². The van der Waals surface area contributed by atoms with Crippen LogP contribution in [0.2, 0.25) is 0 Å². The number of aromatic nitrogens is 1. The number of hydrogen-bond donors (Lipinski definition) is 1. The molecule has 2 fully saturated rings. The van der Waals surface area contributed by atoms with E-state index in [2.05, 4.69) is 21.2 Å². The van der Waals surface area contributed by atoms with Gasteiger partial charge in [-0.1, -0.05) is 11.8 Å². The first-order valence-electron chi connectivity index (χ1n) is 6.69. The van der Waals surface area contributed by atoms with Crippen LogP contribution in [0.1, 0.15) is 29.4 Å². The van der Waals surface area contributed by atoms with Gasteiger partial charge in [0, 0.05) is 29.8 Å². The Morgan fingerprint density at radius 3 is 2.81 bits per heavy atom. The molecular weight excluding hydrogens is 358 g/mol. The first kappa shape index (κ1) is 14.6. The van der Waals surface area contributed by atoms with Crippen LogP contribution in [-0.4, -0.2) is 45.4 Å². The van der Waals surface area contributed by atoms with Crippen LogP contribution in [0.15, 0.2) is 16.7 Å². The molecule has 0 unspecified atom stereocenters. The lowest BCUT2D eigenvalue weighted by Gasteiger charge is -2.13. The molecule has 0 atom stereocenters. The average Bonchev–Trinajstić information content (AvgIpc) is 3.15. The van der Waals surface area contributed by atoms with Crippen molar-refractivity contribution in [3.63, 3.8) is 0 Å². The van der Waals surface area contributed by atoms with Crippen molar-refractivity contribution in [2.45, 2.75) is 18.9 Å². The van der Waals surface area contributed by atoms with Crippen molar-refractivity contribution in [2.75, 3.05) is 18.8 Å². The van der Waals surface area contributed by atoms with Crippen molar-refractivity contribution in [2.24, 2.45) is 0 Å². The van der Waals surface area contributed by atoms with E-state index >= 15 is 0 Å². The topological polar surface area (TPSA) is 71.4 Å². The second-order valence-electron chi connectivity index (χ2n) is 5.04. The summed E-state index contributed by atoms with van der Waals surface area (Å²) in [4.78, 5) is 36.3. The summed E-state index contributed by atoms with van der Waals surface area (Å²) in [5.74, 6) is -0.174. The van der Waals surface area contributed by atoms with Gasteiger partial charge in [-0.05, 0) is 34.8 Å². The Kier molecular flexibility index (Phi) is 4.08. The van der Waals surface area contributed by atoms with Gasteiger partial charge in [-0.25, -0.2) is 0 Å². The summed E-state index contributed by atoms with van der Waals surface area (Å²) in [7, 11) is 0. The Morgan fingerprint density at radius 2 is 2.19 bits per heavy atom. The average molecular weight is 372 g/mol. The summed E-state index contributed by atoms with van der Waals surface area (Å²) < 4.78 is 2.85. The number of rotatable bonds is 5. The Morgan fingerprint density at radius 1 is 1.43 bits per heavy atom. The Balaban J connectivity index is 1.57. The number of carbonyl (C=O) groups is 3. The molecule has 2 aliphatic rings. The lowest BCUT2D eigenvalue weighted by Crippen LogP contribution is -2.37. The minimum atomic E-state index is -0.238. The highest BCUT2D eigenvalue weighted by molar-refractivity contribution is 9.10. The molecule has 2 heterocycles. The molecule has 6 nitrogen and oxygen atoms in total. The fourth-order valence-electron chi connectivity index (χ4n) is 2.25. The number of imide groups is 1. The molecule has 0 aromatic carbocycles. The van der Waals surface area contributed by atoms with E-state index in [1.54, 1.807) is 6.07 Å². The molecule has 0 spiro atoms. The molecule has 0 bridgehead atoms. The normalized spacial score (nSPS) is 18.4. The zero-order valence-corrected chi connectivity index (χ0v) is 13.6. The molecular formula is C13H14BrN3O3S. The van der Waals surface area contributed by atoms with Crippen LogP contribution in [-0.2, 0) is 4.79 Å². The molecule has 21 heavy (non-hydrogen) atoms. The largest absolute Gasteiger partial charge is 0.349 e. The molecule has 1 aromatic heterocycles. The van der Waals surface area contributed by atoms with Crippen LogP contribution in [0.3, 0.4) is 0 Å². The monoisotopic (exact) mass is 371 g/mol. The summed E-state index contributed by atoms with van der Waals surface area (Å²) in [6.07, 6.45) is 4.10. The van der Waals surface area contributed by atoms with Crippen molar-refractivity contribution >= 4 is 44.7 Å². The van der Waals surface area contributed by atoms with Gasteiger partial charge in [0.15, 0.2) is 0 Å². The molecule has 0 radical (unpaired) electrons. The Bertz CT molecular complexity index is 596. The number of nitrogens with one attached hydrogen (secondary N) is 1. The molecule has 1 aliphatic carbocycles. The third-order valence-electron chi connectivity index (χ3n) is 3.45. The van der Waals surface area contributed by atoms with Gasteiger partial charge in [-0.3, -0.25) is 19.3 Å². The minimum Gasteiger partial charge on any atom is -0.349 e. The quantitative estimate of drug-likeness (QED) is 0.859. The second kappa shape index (κ2) is 5.84. The number of nitrogens with zero attached hydrogens (tertiary/aromatic N) is 2. The fraction of sp³-hybridized carbons (Fsp3) is 0.462. The van der Waals surface area contributed by atoms with E-state index in [9.17, 15) is 14.4 Å². The Hall–Kier alpha value is -1.28. The van der Waals surface area contributed by atoms with Crippen molar-refractivity contribution in [3.05, 3.63) is 22.4 Å². The van der Waals surface area contributed by atoms with E-state index < -0.39 is 0 Å². The van der Waals surface area contributed by atoms with E-state index in [0.717, 1.165) is 29.1 Å². The van der Waals surface area contributed by atoms with Gasteiger partial charge in [0.25, 0.3) is 11.1 Å². The van der Waals surface area contributed by atoms with Gasteiger partial charge in [0.05, 0.1) is 5.75 Å². The van der Waals surface area contributed by atoms with Gasteiger partial charge in [0.2, 0.25) is 5.91 Å². The van der Waals surface area contributed by atoms with Crippen LogP contribution in [0.5, 0.6) is 0 Å². The molecule has 1 saturated carbocycles. The first-order valence-corrected chi connectivity index (χ1v) is 8.47. The predicted molar refractivity (Wildman–Crippen MR) is 82.3 cm³/mol. The smallest absolute Gasteiger partial charge is 0.288 e. The summed E-state index contributed by atoms with van der Waals surface area (Å²) in [6, 6.07) is 2.20. The van der Waals surface area contributed by atoms with Crippen LogP contribution < -0.4 is 5.32 Å². The molecule has 112 valence electrons. The van der Waals surface area contributed by atoms with Gasteiger partial charge < -0.3 is 9.88 Å². The number of hydrogen-bond acceptors (Lipinski definition) is 4. The minimum absolute atomic E-state index is 0.181. The summed E-state index contributed by atoms with van der Waals surface area (Å²) in [5, 5.41) is 2.53. The zero-order valence-electron chi connectivity index (χ0n) is 11.2. The highest BCUT2D eigenvalue weighted by Crippen LogP contribution is 2.37. The summed E-state index contributed by atoms with van der Waals surface area (Å²) in [5.41, 5.74) is 0.609. The molecule has 1 aromatic rings. The number of thioether (sulfide) groups is 1. The van der Waals surface area contributed by atoms with Crippen molar-refractivity contribution in [1.29, 1.82) is 0 Å². The number of amides is 3.